The molecule has 3 aromatic carbocycles. The van der Waals surface area contributed by atoms with Gasteiger partial charge in [0, 0.05) is 22.8 Å². The van der Waals surface area contributed by atoms with Crippen LogP contribution in [0.4, 0.5) is 0 Å². The van der Waals surface area contributed by atoms with Crippen molar-refractivity contribution in [3.05, 3.63) is 89.0 Å². The maximum Gasteiger partial charge on any atom is 0.119 e. The average molecular weight is 448 g/mol. The van der Waals surface area contributed by atoms with E-state index in [0.29, 0.717) is 6.61 Å². The number of hydrogen-bond acceptors (Lipinski definition) is 1. The molecule has 0 radical (unpaired) electrons. The van der Waals surface area contributed by atoms with Crippen LogP contribution in [0.1, 0.15) is 22.3 Å². The molecule has 0 aliphatic rings. The third-order valence-corrected chi connectivity index (χ3v) is 5.73. The summed E-state index contributed by atoms with van der Waals surface area (Å²) in [7, 11) is 0. The van der Waals surface area contributed by atoms with E-state index in [-0.39, 0.29) is 0 Å². The highest BCUT2D eigenvalue weighted by Crippen LogP contribution is 2.34. The van der Waals surface area contributed by atoms with Crippen molar-refractivity contribution in [3.8, 4) is 17.0 Å². The monoisotopic (exact) mass is 447 g/mol. The lowest BCUT2D eigenvalue weighted by Crippen LogP contribution is -2.03. The number of hydrogen-bond donors (Lipinski definition) is 0. The summed E-state index contributed by atoms with van der Waals surface area (Å²) in [6, 6.07) is 24.1. The second-order valence-corrected chi connectivity index (χ2v) is 8.42. The van der Waals surface area contributed by atoms with E-state index in [2.05, 4.69) is 108 Å². The van der Waals surface area contributed by atoms with Crippen LogP contribution in [-0.2, 0) is 6.54 Å². The summed E-state index contributed by atoms with van der Waals surface area (Å²) in [5, 5.41) is 2.17. The van der Waals surface area contributed by atoms with Crippen LogP contribution < -0.4 is 4.74 Å². The number of rotatable bonds is 6. The Hall–Kier alpha value is -2.52. The molecule has 1 heterocycles. The number of alkyl halides is 1. The molecule has 0 unspecified atom stereocenters. The fraction of sp³-hybridized carbons (Fsp3) is 0.231. The Labute approximate surface area is 181 Å². The van der Waals surface area contributed by atoms with E-state index in [1.54, 1.807) is 0 Å². The van der Waals surface area contributed by atoms with Crippen LogP contribution in [0.5, 0.6) is 5.75 Å². The molecule has 2 nitrogen and oxygen atoms in total. The predicted octanol–water partition coefficient (Wildman–Crippen LogP) is 7.06. The first-order chi connectivity index (χ1) is 14.1. The standard InChI is InChI=1S/C26H26BrNO/c1-18-4-9-22(10-5-18)26-20(3)24-16-19(2)6-13-25(24)28(26)17-21-7-11-23(12-8-21)29-15-14-27/h4-13,16H,14-15,17H2,1-3H3. The molecule has 0 spiro atoms. The number of halogens is 1. The average Bonchev–Trinajstić information content (AvgIpc) is 2.99. The predicted molar refractivity (Wildman–Crippen MR) is 126 cm³/mol. The maximum absolute atomic E-state index is 5.70. The molecular formula is C26H26BrNO. The van der Waals surface area contributed by atoms with Gasteiger partial charge in [-0.3, -0.25) is 0 Å². The largest absolute Gasteiger partial charge is 0.493 e. The van der Waals surface area contributed by atoms with Gasteiger partial charge in [-0.2, -0.15) is 0 Å². The summed E-state index contributed by atoms with van der Waals surface area (Å²) >= 11 is 3.40. The van der Waals surface area contributed by atoms with Crippen molar-refractivity contribution in [3.63, 3.8) is 0 Å². The lowest BCUT2D eigenvalue weighted by Gasteiger charge is -2.13. The Morgan fingerprint density at radius 1 is 0.828 bits per heavy atom. The minimum Gasteiger partial charge on any atom is -0.493 e. The van der Waals surface area contributed by atoms with Gasteiger partial charge in [0.2, 0.25) is 0 Å². The van der Waals surface area contributed by atoms with Gasteiger partial charge >= 0.3 is 0 Å². The van der Waals surface area contributed by atoms with Gasteiger partial charge in [0.15, 0.2) is 0 Å². The Morgan fingerprint density at radius 2 is 1.52 bits per heavy atom. The van der Waals surface area contributed by atoms with Crippen molar-refractivity contribution in [2.45, 2.75) is 27.3 Å². The van der Waals surface area contributed by atoms with Crippen molar-refractivity contribution in [1.29, 1.82) is 0 Å². The van der Waals surface area contributed by atoms with E-state index in [0.717, 1.165) is 17.6 Å². The molecule has 0 aliphatic carbocycles. The van der Waals surface area contributed by atoms with E-state index < -0.39 is 0 Å². The van der Waals surface area contributed by atoms with Gasteiger partial charge in [-0.25, -0.2) is 0 Å². The first-order valence-corrected chi connectivity index (χ1v) is 11.1. The molecule has 4 rings (SSSR count). The van der Waals surface area contributed by atoms with Crippen LogP contribution in [0.3, 0.4) is 0 Å². The van der Waals surface area contributed by atoms with Crippen molar-refractivity contribution in [2.75, 3.05) is 11.9 Å². The summed E-state index contributed by atoms with van der Waals surface area (Å²) in [5.74, 6) is 0.913. The zero-order valence-corrected chi connectivity index (χ0v) is 18.8. The van der Waals surface area contributed by atoms with E-state index in [9.17, 15) is 0 Å². The molecule has 0 fully saturated rings. The van der Waals surface area contributed by atoms with Gasteiger partial charge in [-0.15, -0.1) is 0 Å². The summed E-state index contributed by atoms with van der Waals surface area (Å²) in [6.45, 7) is 8.04. The molecule has 3 heteroatoms. The van der Waals surface area contributed by atoms with Gasteiger partial charge in [0.05, 0.1) is 12.3 Å². The van der Waals surface area contributed by atoms with E-state index in [1.807, 2.05) is 0 Å². The molecule has 0 saturated carbocycles. The number of aromatic nitrogens is 1. The van der Waals surface area contributed by atoms with E-state index in [1.165, 1.54) is 44.4 Å². The zero-order valence-electron chi connectivity index (χ0n) is 17.2. The minimum atomic E-state index is 0.678. The van der Waals surface area contributed by atoms with Crippen LogP contribution in [0.25, 0.3) is 22.2 Å². The first-order valence-electron chi connectivity index (χ1n) is 10.0. The number of fused-ring (bicyclic) bond motifs is 1. The second-order valence-electron chi connectivity index (χ2n) is 7.63. The quantitative estimate of drug-likeness (QED) is 0.288. The fourth-order valence-electron chi connectivity index (χ4n) is 3.91. The Bertz CT molecular complexity index is 1120. The molecule has 1 aromatic heterocycles. The van der Waals surface area contributed by atoms with Crippen LogP contribution in [0.2, 0.25) is 0 Å². The smallest absolute Gasteiger partial charge is 0.119 e. The molecule has 0 aliphatic heterocycles. The number of ether oxygens (including phenoxy) is 1. The maximum atomic E-state index is 5.70. The van der Waals surface area contributed by atoms with Crippen molar-refractivity contribution < 1.29 is 4.74 Å². The van der Waals surface area contributed by atoms with Gasteiger partial charge in [0.25, 0.3) is 0 Å². The van der Waals surface area contributed by atoms with Gasteiger partial charge < -0.3 is 9.30 Å². The third kappa shape index (κ3) is 4.11. The van der Waals surface area contributed by atoms with E-state index >= 15 is 0 Å². The van der Waals surface area contributed by atoms with Crippen molar-refractivity contribution in [1.82, 2.24) is 4.57 Å². The molecule has 0 N–H and O–H groups in total. The molecule has 0 amide bonds. The number of benzene rings is 3. The topological polar surface area (TPSA) is 14.2 Å². The fourth-order valence-corrected chi connectivity index (χ4v) is 4.08. The summed E-state index contributed by atoms with van der Waals surface area (Å²) in [5.41, 5.74) is 9.02. The molecule has 0 bridgehead atoms. The third-order valence-electron chi connectivity index (χ3n) is 5.41. The van der Waals surface area contributed by atoms with Crippen LogP contribution >= 0.6 is 15.9 Å². The zero-order chi connectivity index (χ0) is 20.4. The highest BCUT2D eigenvalue weighted by atomic mass is 79.9. The molecule has 4 aromatic rings. The minimum absolute atomic E-state index is 0.678. The second kappa shape index (κ2) is 8.46. The van der Waals surface area contributed by atoms with Gasteiger partial charge in [-0.05, 0) is 61.7 Å². The van der Waals surface area contributed by atoms with Crippen molar-refractivity contribution >= 4 is 26.8 Å². The summed E-state index contributed by atoms with van der Waals surface area (Å²) in [6.07, 6.45) is 0. The molecule has 0 saturated heterocycles. The lowest BCUT2D eigenvalue weighted by molar-refractivity contribution is 0.345. The van der Waals surface area contributed by atoms with E-state index in [4.69, 9.17) is 4.74 Å². The lowest BCUT2D eigenvalue weighted by atomic mass is 10.0. The van der Waals surface area contributed by atoms with Gasteiger partial charge in [0.1, 0.15) is 5.75 Å². The molecule has 0 atom stereocenters. The number of aryl methyl sites for hydroxylation is 3. The molecule has 148 valence electrons. The van der Waals surface area contributed by atoms with Crippen molar-refractivity contribution in [2.24, 2.45) is 0 Å². The van der Waals surface area contributed by atoms with Crippen LogP contribution in [0.15, 0.2) is 66.7 Å². The highest BCUT2D eigenvalue weighted by molar-refractivity contribution is 9.09. The Morgan fingerprint density at radius 3 is 2.21 bits per heavy atom. The Balaban J connectivity index is 1.80. The summed E-state index contributed by atoms with van der Waals surface area (Å²) < 4.78 is 8.15. The number of nitrogens with zero attached hydrogens (tertiary/aromatic N) is 1. The van der Waals surface area contributed by atoms with Gasteiger partial charge in [-0.1, -0.05) is 69.5 Å². The first kappa shape index (κ1) is 19.8. The van der Waals surface area contributed by atoms with Crippen LogP contribution in [-0.4, -0.2) is 16.5 Å². The normalized spacial score (nSPS) is 11.2. The molecular weight excluding hydrogens is 422 g/mol. The highest BCUT2D eigenvalue weighted by Gasteiger charge is 2.16. The van der Waals surface area contributed by atoms with Crippen LogP contribution in [0, 0.1) is 20.8 Å². The summed E-state index contributed by atoms with van der Waals surface area (Å²) in [4.78, 5) is 0. The Kier molecular flexibility index (Phi) is 5.77. The molecule has 29 heavy (non-hydrogen) atoms. The SMILES string of the molecule is Cc1ccc(-c2c(C)c3cc(C)ccc3n2Cc2ccc(OCCBr)cc2)cc1.